The molecule has 168 valence electrons. The summed E-state index contributed by atoms with van der Waals surface area (Å²) < 4.78 is 43.2. The van der Waals surface area contributed by atoms with Crippen LogP contribution < -0.4 is 10.0 Å². The molecule has 1 atom stereocenters. The number of benzene rings is 2. The van der Waals surface area contributed by atoms with Crippen LogP contribution in [-0.4, -0.2) is 45.4 Å². The molecule has 1 amide bonds. The van der Waals surface area contributed by atoms with Crippen LogP contribution in [0.3, 0.4) is 0 Å². The fourth-order valence-corrected chi connectivity index (χ4v) is 5.40. The summed E-state index contributed by atoms with van der Waals surface area (Å²) in [4.78, 5) is 14.4. The number of anilines is 1. The number of halogens is 1. The fourth-order valence-electron chi connectivity index (χ4n) is 3.95. The summed E-state index contributed by atoms with van der Waals surface area (Å²) in [5, 5.41) is 2.68. The zero-order valence-electron chi connectivity index (χ0n) is 18.4. The number of carbonyl (C=O) groups is 1. The highest BCUT2D eigenvalue weighted by Crippen LogP contribution is 2.26. The summed E-state index contributed by atoms with van der Waals surface area (Å²) >= 11 is 0. The molecule has 0 spiro atoms. The second-order valence-electron chi connectivity index (χ2n) is 8.42. The Balaban J connectivity index is 1.77. The van der Waals surface area contributed by atoms with E-state index in [1.54, 1.807) is 19.1 Å². The number of hydrogen-bond donors (Lipinski definition) is 2. The zero-order chi connectivity index (χ0) is 22.8. The molecule has 3 rings (SSSR count). The predicted molar refractivity (Wildman–Crippen MR) is 120 cm³/mol. The number of hydrogen-bond acceptors (Lipinski definition) is 4. The average Bonchev–Trinajstić information content (AvgIpc) is 2.70. The van der Waals surface area contributed by atoms with Gasteiger partial charge >= 0.3 is 0 Å². The van der Waals surface area contributed by atoms with E-state index < -0.39 is 20.7 Å². The van der Waals surface area contributed by atoms with Gasteiger partial charge in [-0.05, 0) is 89.0 Å². The van der Waals surface area contributed by atoms with E-state index in [2.05, 4.69) is 14.9 Å². The monoisotopic (exact) mass is 447 g/mol. The number of piperidine rings is 1. The highest BCUT2D eigenvalue weighted by molar-refractivity contribution is 7.89. The first-order valence-electron chi connectivity index (χ1n) is 10.5. The zero-order valence-corrected chi connectivity index (χ0v) is 19.2. The van der Waals surface area contributed by atoms with Crippen molar-refractivity contribution in [1.29, 1.82) is 0 Å². The van der Waals surface area contributed by atoms with Crippen molar-refractivity contribution >= 4 is 21.6 Å². The van der Waals surface area contributed by atoms with Gasteiger partial charge in [-0.3, -0.25) is 4.79 Å². The minimum Gasteiger partial charge on any atom is -0.322 e. The highest BCUT2D eigenvalue weighted by atomic mass is 32.2. The normalized spacial score (nSPS) is 16.8. The smallest absolute Gasteiger partial charge is 0.255 e. The molecular formula is C23H30FN3O3S. The van der Waals surface area contributed by atoms with Gasteiger partial charge in [-0.1, -0.05) is 18.2 Å². The van der Waals surface area contributed by atoms with Crippen molar-refractivity contribution < 1.29 is 17.6 Å². The van der Waals surface area contributed by atoms with E-state index in [-0.39, 0.29) is 23.6 Å². The van der Waals surface area contributed by atoms with Crippen LogP contribution in [0.2, 0.25) is 0 Å². The number of rotatable bonds is 6. The maximum absolute atomic E-state index is 14.8. The number of carbonyl (C=O) groups excluding carboxylic acids is 1. The Bertz CT molecular complexity index is 1060. The summed E-state index contributed by atoms with van der Waals surface area (Å²) in [7, 11) is -1.99. The van der Waals surface area contributed by atoms with Gasteiger partial charge < -0.3 is 10.2 Å². The third-order valence-electron chi connectivity index (χ3n) is 6.02. The first-order chi connectivity index (χ1) is 14.6. The third-order valence-corrected chi connectivity index (χ3v) is 7.59. The second kappa shape index (κ2) is 9.46. The van der Waals surface area contributed by atoms with Crippen LogP contribution in [-0.2, 0) is 10.0 Å². The first-order valence-corrected chi connectivity index (χ1v) is 11.9. The molecule has 0 aliphatic carbocycles. The minimum absolute atomic E-state index is 0.211. The Kier molecular flexibility index (Phi) is 7.13. The third kappa shape index (κ3) is 5.50. The molecule has 1 fully saturated rings. The molecule has 2 aromatic carbocycles. The maximum Gasteiger partial charge on any atom is 0.255 e. The average molecular weight is 448 g/mol. The number of nitrogens with zero attached hydrogens (tertiary/aromatic N) is 1. The molecule has 0 aromatic heterocycles. The Morgan fingerprint density at radius 3 is 2.42 bits per heavy atom. The molecule has 1 unspecified atom stereocenters. The topological polar surface area (TPSA) is 78.5 Å². The molecular weight excluding hydrogens is 417 g/mol. The molecule has 0 saturated carbocycles. The van der Waals surface area contributed by atoms with Gasteiger partial charge in [0.15, 0.2) is 0 Å². The molecule has 2 aromatic rings. The van der Waals surface area contributed by atoms with Crippen LogP contribution in [0, 0.1) is 25.6 Å². The van der Waals surface area contributed by atoms with E-state index >= 15 is 0 Å². The summed E-state index contributed by atoms with van der Waals surface area (Å²) in [6.45, 7) is 7.12. The molecule has 6 nitrogen and oxygen atoms in total. The van der Waals surface area contributed by atoms with Crippen LogP contribution in [0.15, 0.2) is 41.3 Å². The van der Waals surface area contributed by atoms with E-state index in [9.17, 15) is 17.6 Å². The van der Waals surface area contributed by atoms with Crippen molar-refractivity contribution in [1.82, 2.24) is 9.62 Å². The number of likely N-dealkylation sites (tertiary alicyclic amines) is 1. The lowest BCUT2D eigenvalue weighted by atomic mass is 9.91. The van der Waals surface area contributed by atoms with Gasteiger partial charge in [0, 0.05) is 17.3 Å². The Morgan fingerprint density at radius 1 is 1.13 bits per heavy atom. The number of amides is 1. The molecule has 1 aliphatic heterocycles. The van der Waals surface area contributed by atoms with Gasteiger partial charge in [-0.25, -0.2) is 17.5 Å². The Labute approximate surface area is 183 Å². The van der Waals surface area contributed by atoms with Gasteiger partial charge in [0.05, 0.1) is 0 Å². The Hall–Kier alpha value is -2.29. The van der Waals surface area contributed by atoms with E-state index in [1.165, 1.54) is 6.07 Å². The van der Waals surface area contributed by atoms with Crippen molar-refractivity contribution in [3.8, 4) is 0 Å². The van der Waals surface area contributed by atoms with E-state index in [0.717, 1.165) is 37.6 Å². The molecule has 1 heterocycles. The maximum atomic E-state index is 14.8. The van der Waals surface area contributed by atoms with Crippen LogP contribution in [0.25, 0.3) is 0 Å². The van der Waals surface area contributed by atoms with Crippen LogP contribution in [0.4, 0.5) is 10.1 Å². The predicted octanol–water partition coefficient (Wildman–Crippen LogP) is 3.70. The summed E-state index contributed by atoms with van der Waals surface area (Å²) in [5.41, 5.74) is 1.99. The lowest BCUT2D eigenvalue weighted by Gasteiger charge is -2.32. The van der Waals surface area contributed by atoms with Crippen LogP contribution >= 0.6 is 0 Å². The van der Waals surface area contributed by atoms with Crippen LogP contribution in [0.5, 0.6) is 0 Å². The molecule has 1 aliphatic rings. The number of aryl methyl sites for hydroxylation is 2. The largest absolute Gasteiger partial charge is 0.322 e. The van der Waals surface area contributed by atoms with Gasteiger partial charge in [0.2, 0.25) is 10.0 Å². The molecule has 31 heavy (non-hydrogen) atoms. The summed E-state index contributed by atoms with van der Waals surface area (Å²) in [6.07, 6.45) is 1.79. The molecule has 2 N–H and O–H groups in total. The summed E-state index contributed by atoms with van der Waals surface area (Å²) in [5.74, 6) is -1.05. The Morgan fingerprint density at radius 2 is 1.77 bits per heavy atom. The van der Waals surface area contributed by atoms with E-state index in [4.69, 9.17) is 0 Å². The van der Waals surface area contributed by atoms with Gasteiger partial charge in [-0.15, -0.1) is 0 Å². The van der Waals surface area contributed by atoms with Crippen molar-refractivity contribution in [3.63, 3.8) is 0 Å². The van der Waals surface area contributed by atoms with Gasteiger partial charge in [0.25, 0.3) is 5.91 Å². The molecule has 1 saturated heterocycles. The summed E-state index contributed by atoms with van der Waals surface area (Å²) in [6, 6.07) is 9.13. The number of nitrogens with one attached hydrogen (secondary N) is 2. The van der Waals surface area contributed by atoms with Crippen molar-refractivity contribution in [2.24, 2.45) is 5.92 Å². The van der Waals surface area contributed by atoms with Crippen LogP contribution in [0.1, 0.15) is 41.3 Å². The van der Waals surface area contributed by atoms with E-state index in [0.29, 0.717) is 11.1 Å². The molecule has 8 heteroatoms. The van der Waals surface area contributed by atoms with Gasteiger partial charge in [-0.2, -0.15) is 0 Å². The fraction of sp³-hybridized carbons (Fsp3) is 0.435. The molecule has 0 radical (unpaired) electrons. The first kappa shape index (κ1) is 23.4. The van der Waals surface area contributed by atoms with Crippen molar-refractivity contribution in [2.45, 2.75) is 44.6 Å². The lowest BCUT2D eigenvalue weighted by molar-refractivity contribution is 0.102. The standard InChI is InChI=1S/C23H30FN3O3S/c1-15-7-5-6-8-19(15)23(28)25-21-14-20(24)22(13-16(21)2)31(29,30)26-17(3)18-9-11-27(4)12-10-18/h5-8,13-14,17-18,26H,9-12H2,1-4H3,(H,25,28). The molecule has 0 bridgehead atoms. The van der Waals surface area contributed by atoms with E-state index in [1.807, 2.05) is 33.0 Å². The second-order valence-corrected chi connectivity index (χ2v) is 10.1. The number of sulfonamides is 1. The SMILES string of the molecule is Cc1cc(S(=O)(=O)NC(C)C2CCN(C)CC2)c(F)cc1NC(=O)c1ccccc1C. The lowest BCUT2D eigenvalue weighted by Crippen LogP contribution is -2.43. The minimum atomic E-state index is -4.03. The van der Waals surface area contributed by atoms with Crippen molar-refractivity contribution in [2.75, 3.05) is 25.5 Å². The van der Waals surface area contributed by atoms with Gasteiger partial charge in [0.1, 0.15) is 10.7 Å². The highest BCUT2D eigenvalue weighted by Gasteiger charge is 2.28. The quantitative estimate of drug-likeness (QED) is 0.708. The van der Waals surface area contributed by atoms with Crippen molar-refractivity contribution in [3.05, 3.63) is 58.9 Å².